The molecule has 0 amide bonds. The predicted octanol–water partition coefficient (Wildman–Crippen LogP) is 1.08. The smallest absolute Gasteiger partial charge is 0.414 e. The van der Waals surface area contributed by atoms with E-state index in [-0.39, 0.29) is 6.54 Å². The van der Waals surface area contributed by atoms with Gasteiger partial charge in [-0.25, -0.2) is 9.59 Å². The lowest BCUT2D eigenvalue weighted by Crippen LogP contribution is -2.46. The van der Waals surface area contributed by atoms with Crippen molar-refractivity contribution in [1.82, 2.24) is 5.32 Å². The highest BCUT2D eigenvalue weighted by Crippen LogP contribution is 2.11. The fourth-order valence-electron chi connectivity index (χ4n) is 2.92. The van der Waals surface area contributed by atoms with Gasteiger partial charge in [-0.05, 0) is 13.0 Å². The van der Waals surface area contributed by atoms with E-state index < -0.39 is 42.6 Å². The molecular formula is C22H43NO9. The van der Waals surface area contributed by atoms with E-state index in [1.165, 1.54) is 64.2 Å². The number of aliphatic hydroxyl groups excluding tert-OH is 4. The summed E-state index contributed by atoms with van der Waals surface area (Å²) in [7, 11) is 0. The van der Waals surface area contributed by atoms with Gasteiger partial charge in [0.15, 0.2) is 5.78 Å². The number of hydrogen-bond acceptors (Lipinski definition) is 8. The third-order valence-electron chi connectivity index (χ3n) is 4.92. The molecule has 0 radical (unpaired) electrons. The van der Waals surface area contributed by atoms with E-state index in [0.29, 0.717) is 6.54 Å². The average molecular weight is 466 g/mol. The molecule has 190 valence electrons. The molecule has 0 aliphatic carbocycles. The number of carboxylic acid groups (broad SMARTS) is 2. The summed E-state index contributed by atoms with van der Waals surface area (Å²) >= 11 is 0. The number of hydrogen-bond donors (Lipinski definition) is 7. The molecule has 0 aromatic heterocycles. The molecule has 0 rings (SSSR count). The first kappa shape index (κ1) is 32.6. The fraction of sp³-hybridized carbons (Fsp3) is 0.864. The Labute approximate surface area is 190 Å². The molecule has 0 aliphatic rings. The van der Waals surface area contributed by atoms with Crippen LogP contribution in [0.15, 0.2) is 0 Å². The maximum absolute atomic E-state index is 11.7. The number of carbonyl (C=O) groups is 3. The van der Waals surface area contributed by atoms with Crippen LogP contribution in [0, 0.1) is 0 Å². The second-order valence-corrected chi connectivity index (χ2v) is 7.83. The van der Waals surface area contributed by atoms with E-state index in [1.54, 1.807) is 0 Å². The van der Waals surface area contributed by atoms with Crippen molar-refractivity contribution in [2.24, 2.45) is 0 Å². The SMILES string of the molecule is CCCCCCCCCCCCCCNCC(=O)[C@@H](O)[C@H](O)[C@H](O)CO.O=C(O)C(=O)O. The number of carbonyl (C=O) groups excluding carboxylic acids is 1. The molecule has 0 fully saturated rings. The van der Waals surface area contributed by atoms with Gasteiger partial charge in [0.2, 0.25) is 0 Å². The fourth-order valence-corrected chi connectivity index (χ4v) is 2.92. The number of ketones is 1. The quantitative estimate of drug-likeness (QED) is 0.107. The van der Waals surface area contributed by atoms with Gasteiger partial charge in [0.25, 0.3) is 0 Å². The minimum Gasteiger partial charge on any atom is -0.473 e. The highest BCUT2D eigenvalue weighted by molar-refractivity contribution is 6.27. The number of nitrogens with one attached hydrogen (secondary N) is 1. The standard InChI is InChI=1S/C20H41NO5.C2H2O4/c1-2-3-4-5-6-7-8-9-10-11-12-13-14-21-15-17(23)19(25)20(26)18(24)16-22;3-1(4)2(5)6/h18-22,24-26H,2-16H2,1H3;(H,3,4)(H,5,6)/t18-,19-,20-;/m1./s1. The largest absolute Gasteiger partial charge is 0.473 e. The number of Topliss-reactive ketones (excluding diaryl/α,β-unsaturated/α-hetero) is 1. The van der Waals surface area contributed by atoms with Crippen LogP contribution in [0.1, 0.15) is 84.0 Å². The molecule has 0 heterocycles. The minimum absolute atomic E-state index is 0.0472. The van der Waals surface area contributed by atoms with Crippen molar-refractivity contribution in [2.45, 2.75) is 102 Å². The molecule has 10 nitrogen and oxygen atoms in total. The lowest BCUT2D eigenvalue weighted by molar-refractivity contribution is -0.159. The first-order valence-electron chi connectivity index (χ1n) is 11.5. The van der Waals surface area contributed by atoms with Gasteiger partial charge in [-0.2, -0.15) is 0 Å². The van der Waals surface area contributed by atoms with E-state index in [2.05, 4.69) is 12.2 Å². The van der Waals surface area contributed by atoms with Gasteiger partial charge in [0, 0.05) is 0 Å². The van der Waals surface area contributed by atoms with Crippen LogP contribution in [0.25, 0.3) is 0 Å². The van der Waals surface area contributed by atoms with Gasteiger partial charge >= 0.3 is 11.9 Å². The lowest BCUT2D eigenvalue weighted by atomic mass is 10.0. The van der Waals surface area contributed by atoms with Crippen molar-refractivity contribution in [1.29, 1.82) is 0 Å². The minimum atomic E-state index is -1.82. The van der Waals surface area contributed by atoms with Crippen molar-refractivity contribution in [3.63, 3.8) is 0 Å². The monoisotopic (exact) mass is 465 g/mol. The van der Waals surface area contributed by atoms with Crippen LogP contribution in [0.4, 0.5) is 0 Å². The highest BCUT2D eigenvalue weighted by Gasteiger charge is 2.29. The molecule has 0 saturated heterocycles. The van der Waals surface area contributed by atoms with Gasteiger partial charge in [-0.15, -0.1) is 0 Å². The molecule has 0 aromatic carbocycles. The molecule has 10 heteroatoms. The van der Waals surface area contributed by atoms with Crippen molar-refractivity contribution in [3.05, 3.63) is 0 Å². The molecule has 0 aromatic rings. The maximum atomic E-state index is 11.7. The van der Waals surface area contributed by atoms with Crippen LogP contribution in [0.5, 0.6) is 0 Å². The molecule has 0 unspecified atom stereocenters. The summed E-state index contributed by atoms with van der Waals surface area (Å²) in [6, 6.07) is 0. The van der Waals surface area contributed by atoms with Gasteiger partial charge in [-0.1, -0.05) is 77.6 Å². The molecule has 0 bridgehead atoms. The number of unbranched alkanes of at least 4 members (excludes halogenated alkanes) is 11. The highest BCUT2D eigenvalue weighted by atomic mass is 16.4. The predicted molar refractivity (Wildman–Crippen MR) is 119 cm³/mol. The Bertz CT molecular complexity index is 476. The van der Waals surface area contributed by atoms with Gasteiger partial charge in [0.05, 0.1) is 13.2 Å². The Morgan fingerprint density at radius 2 is 1.12 bits per heavy atom. The summed E-state index contributed by atoms with van der Waals surface area (Å²) in [6.45, 7) is 2.19. The molecule has 32 heavy (non-hydrogen) atoms. The second kappa shape index (κ2) is 22.6. The van der Waals surface area contributed by atoms with E-state index in [1.807, 2.05) is 0 Å². The molecular weight excluding hydrogens is 422 g/mol. The van der Waals surface area contributed by atoms with E-state index >= 15 is 0 Å². The first-order valence-corrected chi connectivity index (χ1v) is 11.5. The van der Waals surface area contributed by atoms with E-state index in [9.17, 15) is 20.1 Å². The summed E-state index contributed by atoms with van der Waals surface area (Å²) in [5, 5.41) is 54.7. The van der Waals surface area contributed by atoms with Crippen LogP contribution in [-0.4, -0.2) is 86.4 Å². The Balaban J connectivity index is 0. The Morgan fingerprint density at radius 1 is 0.719 bits per heavy atom. The number of rotatable bonds is 19. The summed E-state index contributed by atoms with van der Waals surface area (Å²) in [5.41, 5.74) is 0. The third kappa shape index (κ3) is 20.3. The van der Waals surface area contributed by atoms with Crippen LogP contribution >= 0.6 is 0 Å². The summed E-state index contributed by atoms with van der Waals surface area (Å²) in [5.74, 6) is -4.23. The topological polar surface area (TPSA) is 185 Å². The van der Waals surface area contributed by atoms with Crippen LogP contribution < -0.4 is 5.32 Å². The summed E-state index contributed by atoms with van der Waals surface area (Å²) < 4.78 is 0. The van der Waals surface area contributed by atoms with Crippen LogP contribution in [0.2, 0.25) is 0 Å². The number of aliphatic carboxylic acids is 2. The zero-order chi connectivity index (χ0) is 24.8. The molecule has 0 saturated carbocycles. The lowest BCUT2D eigenvalue weighted by Gasteiger charge is -2.20. The van der Waals surface area contributed by atoms with Crippen LogP contribution in [-0.2, 0) is 14.4 Å². The van der Waals surface area contributed by atoms with Crippen molar-refractivity contribution in [3.8, 4) is 0 Å². The maximum Gasteiger partial charge on any atom is 0.414 e. The van der Waals surface area contributed by atoms with Crippen molar-refractivity contribution < 1.29 is 45.0 Å². The Morgan fingerprint density at radius 3 is 1.50 bits per heavy atom. The Kier molecular flexibility index (Phi) is 23.0. The second-order valence-electron chi connectivity index (χ2n) is 7.83. The van der Waals surface area contributed by atoms with Crippen molar-refractivity contribution >= 4 is 17.7 Å². The van der Waals surface area contributed by atoms with Crippen LogP contribution in [0.3, 0.4) is 0 Å². The molecule has 3 atom stereocenters. The van der Waals surface area contributed by atoms with Gasteiger partial charge < -0.3 is 36.0 Å². The zero-order valence-electron chi connectivity index (χ0n) is 19.2. The molecule has 0 aliphatic heterocycles. The first-order chi connectivity index (χ1) is 15.2. The van der Waals surface area contributed by atoms with Gasteiger partial charge in [0.1, 0.15) is 18.3 Å². The third-order valence-corrected chi connectivity index (χ3v) is 4.92. The van der Waals surface area contributed by atoms with Crippen molar-refractivity contribution in [2.75, 3.05) is 19.7 Å². The molecule has 0 spiro atoms. The molecule has 7 N–H and O–H groups in total. The number of aliphatic hydroxyl groups is 4. The van der Waals surface area contributed by atoms with E-state index in [4.69, 9.17) is 24.9 Å². The van der Waals surface area contributed by atoms with Gasteiger partial charge in [-0.3, -0.25) is 4.79 Å². The average Bonchev–Trinajstić information content (AvgIpc) is 2.77. The number of carboxylic acids is 2. The normalized spacial score (nSPS) is 13.5. The summed E-state index contributed by atoms with van der Waals surface area (Å²) in [4.78, 5) is 29.9. The van der Waals surface area contributed by atoms with E-state index in [0.717, 1.165) is 12.8 Å². The summed E-state index contributed by atoms with van der Waals surface area (Å²) in [6.07, 6.45) is 10.5. The zero-order valence-corrected chi connectivity index (χ0v) is 19.2. The Hall–Kier alpha value is -1.59.